The van der Waals surface area contributed by atoms with Gasteiger partial charge in [0.05, 0.1) is 11.9 Å². The molecule has 3 rings (SSSR count). The van der Waals surface area contributed by atoms with Crippen LogP contribution in [0.1, 0.15) is 31.2 Å². The van der Waals surface area contributed by atoms with E-state index in [1.54, 1.807) is 0 Å². The molecule has 3 unspecified atom stereocenters. The molecule has 166 valence electrons. The fraction of sp³-hybridized carbons (Fsp3) is 0.619. The molecule has 8 nitrogen and oxygen atoms in total. The number of carbonyl (C=O) groups is 2. The van der Waals surface area contributed by atoms with Crippen LogP contribution in [-0.4, -0.2) is 75.9 Å². The van der Waals surface area contributed by atoms with Crippen molar-refractivity contribution in [3.8, 4) is 5.75 Å². The number of aliphatic carboxylic acids is 1. The van der Waals surface area contributed by atoms with Crippen LogP contribution in [0.25, 0.3) is 0 Å². The second kappa shape index (κ2) is 11.4. The van der Waals surface area contributed by atoms with E-state index in [1.807, 2.05) is 12.1 Å². The van der Waals surface area contributed by atoms with E-state index in [-0.39, 0.29) is 11.7 Å². The van der Waals surface area contributed by atoms with E-state index in [0.717, 1.165) is 25.4 Å². The second-order valence-corrected chi connectivity index (χ2v) is 9.46. The van der Waals surface area contributed by atoms with Gasteiger partial charge in [0.15, 0.2) is 0 Å². The highest BCUT2D eigenvalue weighted by atomic mass is 32.2. The summed E-state index contributed by atoms with van der Waals surface area (Å²) in [4.78, 5) is 25.6. The molecule has 2 aliphatic rings. The summed E-state index contributed by atoms with van der Waals surface area (Å²) in [7, 11) is -1.51. The molecule has 9 heteroatoms. The van der Waals surface area contributed by atoms with Crippen molar-refractivity contribution in [1.82, 2.24) is 15.5 Å². The summed E-state index contributed by atoms with van der Waals surface area (Å²) in [6.45, 7) is 4.67. The van der Waals surface area contributed by atoms with Gasteiger partial charge in [0.2, 0.25) is 5.91 Å². The summed E-state index contributed by atoms with van der Waals surface area (Å²) in [6.07, 6.45) is 3.68. The third kappa shape index (κ3) is 6.78. The molecule has 2 saturated heterocycles. The third-order valence-corrected chi connectivity index (χ3v) is 7.19. The number of carboxylic acids is 1. The lowest BCUT2D eigenvalue weighted by Gasteiger charge is -2.15. The molecule has 3 atom stereocenters. The van der Waals surface area contributed by atoms with E-state index < -0.39 is 28.1 Å². The first-order valence-electron chi connectivity index (χ1n) is 10.6. The summed E-state index contributed by atoms with van der Waals surface area (Å²) in [5.41, 5.74) is 1.24. The third-order valence-electron chi connectivity index (χ3n) is 5.46. The molecule has 0 spiro atoms. The van der Waals surface area contributed by atoms with Gasteiger partial charge in [-0.3, -0.25) is 18.7 Å². The molecule has 1 aromatic rings. The highest BCUT2D eigenvalue weighted by Crippen LogP contribution is 2.18. The molecule has 2 fully saturated rings. The van der Waals surface area contributed by atoms with Crippen LogP contribution in [-0.2, 0) is 26.9 Å². The van der Waals surface area contributed by atoms with Crippen LogP contribution in [0.5, 0.6) is 5.75 Å². The Morgan fingerprint density at radius 2 is 2.10 bits per heavy atom. The van der Waals surface area contributed by atoms with Gasteiger partial charge < -0.3 is 20.5 Å². The maximum absolute atomic E-state index is 12.3. The van der Waals surface area contributed by atoms with Gasteiger partial charge in [-0.1, -0.05) is 12.1 Å². The number of ether oxygens (including phenoxy) is 1. The van der Waals surface area contributed by atoms with Gasteiger partial charge in [-0.2, -0.15) is 0 Å². The predicted molar refractivity (Wildman–Crippen MR) is 115 cm³/mol. The van der Waals surface area contributed by atoms with Crippen LogP contribution in [0.3, 0.4) is 0 Å². The van der Waals surface area contributed by atoms with Crippen LogP contribution in [0.15, 0.2) is 24.3 Å². The zero-order valence-electron chi connectivity index (χ0n) is 17.2. The molecule has 0 saturated carbocycles. The molecule has 1 amide bonds. The molecule has 3 N–H and O–H groups in total. The van der Waals surface area contributed by atoms with Gasteiger partial charge in [-0.05, 0) is 63.0 Å². The Kier molecular flexibility index (Phi) is 8.65. The predicted octanol–water partition coefficient (Wildman–Crippen LogP) is 0.731. The maximum Gasteiger partial charge on any atom is 0.321 e. The Balaban J connectivity index is 1.31. The molecule has 0 aliphatic carbocycles. The number of hydrogen-bond acceptors (Lipinski definition) is 6. The summed E-state index contributed by atoms with van der Waals surface area (Å²) >= 11 is 0. The van der Waals surface area contributed by atoms with Crippen LogP contribution in [0, 0.1) is 0 Å². The van der Waals surface area contributed by atoms with Gasteiger partial charge in [0, 0.05) is 23.9 Å². The van der Waals surface area contributed by atoms with E-state index in [2.05, 4.69) is 27.7 Å². The summed E-state index contributed by atoms with van der Waals surface area (Å²) in [5.74, 6) is -0.687. The van der Waals surface area contributed by atoms with Crippen LogP contribution < -0.4 is 15.4 Å². The van der Waals surface area contributed by atoms with Crippen molar-refractivity contribution in [1.29, 1.82) is 0 Å². The smallest absolute Gasteiger partial charge is 0.321 e. The Hall–Kier alpha value is -1.97. The number of carbonyl (C=O) groups excluding carboxylic acids is 1. The van der Waals surface area contributed by atoms with E-state index in [1.165, 1.54) is 18.4 Å². The summed E-state index contributed by atoms with van der Waals surface area (Å²) in [6, 6.07) is 7.27. The minimum Gasteiger partial charge on any atom is -0.494 e. The van der Waals surface area contributed by atoms with Gasteiger partial charge >= 0.3 is 5.97 Å². The van der Waals surface area contributed by atoms with E-state index in [0.29, 0.717) is 32.5 Å². The van der Waals surface area contributed by atoms with Crippen molar-refractivity contribution in [2.45, 2.75) is 43.5 Å². The Morgan fingerprint density at radius 3 is 2.87 bits per heavy atom. The first kappa shape index (κ1) is 22.7. The Morgan fingerprint density at radius 1 is 1.30 bits per heavy atom. The number of hydrogen-bond donors (Lipinski definition) is 3. The Labute approximate surface area is 179 Å². The molecule has 30 heavy (non-hydrogen) atoms. The summed E-state index contributed by atoms with van der Waals surface area (Å²) < 4.78 is 18.1. The molecule has 0 bridgehead atoms. The van der Waals surface area contributed by atoms with Crippen molar-refractivity contribution >= 4 is 22.7 Å². The molecular formula is C21H31N3O5S. The van der Waals surface area contributed by atoms with Gasteiger partial charge in [-0.15, -0.1) is 0 Å². The van der Waals surface area contributed by atoms with Crippen molar-refractivity contribution in [2.75, 3.05) is 38.5 Å². The average molecular weight is 438 g/mol. The molecule has 1 aromatic carbocycles. The molecule has 2 aliphatic heterocycles. The lowest BCUT2D eigenvalue weighted by atomic mass is 10.2. The summed E-state index contributed by atoms with van der Waals surface area (Å²) in [5, 5.41) is 14.2. The minimum atomic E-state index is -1.51. The Bertz CT molecular complexity index is 754. The molecule has 0 aromatic heterocycles. The first-order valence-corrected chi connectivity index (χ1v) is 12.0. The van der Waals surface area contributed by atoms with Gasteiger partial charge in [0.25, 0.3) is 0 Å². The van der Waals surface area contributed by atoms with Crippen molar-refractivity contribution < 1.29 is 23.6 Å². The van der Waals surface area contributed by atoms with Crippen LogP contribution in [0.2, 0.25) is 0 Å². The highest BCUT2D eigenvalue weighted by Gasteiger charge is 2.37. The lowest BCUT2D eigenvalue weighted by molar-refractivity contribution is -0.138. The fourth-order valence-electron chi connectivity index (χ4n) is 3.92. The lowest BCUT2D eigenvalue weighted by Crippen LogP contribution is -2.42. The van der Waals surface area contributed by atoms with Crippen molar-refractivity contribution in [2.24, 2.45) is 0 Å². The van der Waals surface area contributed by atoms with E-state index in [4.69, 9.17) is 9.84 Å². The SMILES string of the molecule is O=C(CS(=O)C1CCNC1C(=O)O)NCCCOc1cccc(CN2CCCC2)c1. The van der Waals surface area contributed by atoms with Crippen molar-refractivity contribution in [3.05, 3.63) is 29.8 Å². The average Bonchev–Trinajstić information content (AvgIpc) is 3.40. The second-order valence-electron chi connectivity index (χ2n) is 7.80. The largest absolute Gasteiger partial charge is 0.494 e. The van der Waals surface area contributed by atoms with Crippen molar-refractivity contribution in [3.63, 3.8) is 0 Å². The quantitative estimate of drug-likeness (QED) is 0.438. The number of rotatable bonds is 11. The minimum absolute atomic E-state index is 0.171. The van der Waals surface area contributed by atoms with E-state index >= 15 is 0 Å². The zero-order valence-corrected chi connectivity index (χ0v) is 18.0. The first-order chi connectivity index (χ1) is 14.5. The number of nitrogens with zero attached hydrogens (tertiary/aromatic N) is 1. The molecule has 2 heterocycles. The maximum atomic E-state index is 12.3. The van der Waals surface area contributed by atoms with Gasteiger partial charge in [-0.25, -0.2) is 0 Å². The number of amides is 1. The van der Waals surface area contributed by atoms with Crippen LogP contribution in [0.4, 0.5) is 0 Å². The van der Waals surface area contributed by atoms with Gasteiger partial charge in [0.1, 0.15) is 17.5 Å². The number of likely N-dealkylation sites (tertiary alicyclic amines) is 1. The van der Waals surface area contributed by atoms with E-state index in [9.17, 15) is 13.8 Å². The standard InChI is InChI=1S/C21H31N3O5S/c25-19(15-30(28)18-7-9-23-20(18)21(26)27)22-8-4-12-29-17-6-3-5-16(13-17)14-24-10-1-2-11-24/h3,5-6,13,18,20,23H,1-2,4,7-12,14-15H2,(H,22,25)(H,26,27). The molecular weight excluding hydrogens is 406 g/mol. The highest BCUT2D eigenvalue weighted by molar-refractivity contribution is 7.86. The molecule has 0 radical (unpaired) electrons. The zero-order chi connectivity index (χ0) is 21.3. The number of nitrogens with one attached hydrogen (secondary N) is 2. The fourth-order valence-corrected chi connectivity index (χ4v) is 5.39. The normalized spacial score (nSPS) is 22.7. The number of carboxylic acid groups (broad SMARTS) is 1. The van der Waals surface area contributed by atoms with Crippen LogP contribution >= 0.6 is 0 Å². The number of benzene rings is 1. The monoisotopic (exact) mass is 437 g/mol. The topological polar surface area (TPSA) is 108 Å².